The Labute approximate surface area is 102 Å². The highest BCUT2D eigenvalue weighted by Gasteiger charge is 1.95. The molecule has 0 N–H and O–H groups in total. The monoisotopic (exact) mass is 224 g/mol. The van der Waals surface area contributed by atoms with Crippen molar-refractivity contribution in [2.24, 2.45) is 5.92 Å². The molecule has 0 aromatic carbocycles. The van der Waals surface area contributed by atoms with Crippen LogP contribution in [0.1, 0.15) is 53.4 Å². The Morgan fingerprint density at radius 2 is 2.00 bits per heavy atom. The smallest absolute Gasteiger partial charge is 0.0674 e. The molecule has 0 amide bonds. The molecule has 16 heavy (non-hydrogen) atoms. The molecule has 0 unspecified atom stereocenters. The first kappa shape index (κ1) is 15.4. The summed E-state index contributed by atoms with van der Waals surface area (Å²) in [6.07, 6.45) is 6.93. The average molecular weight is 224 g/mol. The summed E-state index contributed by atoms with van der Waals surface area (Å²) < 4.78 is 5.60. The number of unbranched alkanes of at least 4 members (excludes halogenated alkanes) is 1. The lowest BCUT2D eigenvalue weighted by molar-refractivity contribution is 0.144. The summed E-state index contributed by atoms with van der Waals surface area (Å²) >= 11 is 0. The third-order valence-electron chi connectivity index (χ3n) is 2.47. The fourth-order valence-electron chi connectivity index (χ4n) is 1.36. The summed E-state index contributed by atoms with van der Waals surface area (Å²) in [5.41, 5.74) is 2.63. The van der Waals surface area contributed by atoms with Gasteiger partial charge in [0.25, 0.3) is 0 Å². The van der Waals surface area contributed by atoms with E-state index in [0.29, 0.717) is 0 Å². The second kappa shape index (κ2) is 9.65. The van der Waals surface area contributed by atoms with E-state index in [4.69, 9.17) is 4.74 Å². The van der Waals surface area contributed by atoms with Crippen LogP contribution in [-0.2, 0) is 4.74 Å². The van der Waals surface area contributed by atoms with Crippen LogP contribution in [0.25, 0.3) is 0 Å². The first-order valence-corrected chi connectivity index (χ1v) is 6.40. The maximum atomic E-state index is 5.60. The van der Waals surface area contributed by atoms with E-state index in [0.717, 1.165) is 38.4 Å². The first-order chi connectivity index (χ1) is 7.52. The summed E-state index contributed by atoms with van der Waals surface area (Å²) in [7, 11) is 0. The molecule has 0 radical (unpaired) electrons. The van der Waals surface area contributed by atoms with Gasteiger partial charge in [-0.05, 0) is 45.4 Å². The Morgan fingerprint density at radius 3 is 2.56 bits per heavy atom. The van der Waals surface area contributed by atoms with E-state index < -0.39 is 0 Å². The molecule has 0 rings (SSSR count). The lowest BCUT2D eigenvalue weighted by atomic mass is 10.1. The quantitative estimate of drug-likeness (QED) is 0.406. The van der Waals surface area contributed by atoms with Crippen LogP contribution in [0.15, 0.2) is 23.8 Å². The van der Waals surface area contributed by atoms with E-state index in [9.17, 15) is 0 Å². The van der Waals surface area contributed by atoms with Gasteiger partial charge in [0.1, 0.15) is 0 Å². The van der Waals surface area contributed by atoms with Crippen LogP contribution in [0.5, 0.6) is 0 Å². The van der Waals surface area contributed by atoms with Crippen molar-refractivity contribution in [3.8, 4) is 0 Å². The molecular weight excluding hydrogens is 196 g/mol. The number of allylic oxidation sites excluding steroid dienone is 2. The van der Waals surface area contributed by atoms with Gasteiger partial charge in [-0.3, -0.25) is 0 Å². The summed E-state index contributed by atoms with van der Waals surface area (Å²) in [6.45, 7) is 14.3. The molecule has 94 valence electrons. The summed E-state index contributed by atoms with van der Waals surface area (Å²) in [5, 5.41) is 0. The van der Waals surface area contributed by atoms with Crippen molar-refractivity contribution in [2.75, 3.05) is 13.2 Å². The van der Waals surface area contributed by atoms with Crippen molar-refractivity contribution in [3.05, 3.63) is 23.8 Å². The lowest BCUT2D eigenvalue weighted by Crippen LogP contribution is -2.01. The van der Waals surface area contributed by atoms with Crippen LogP contribution in [0.3, 0.4) is 0 Å². The predicted octanol–water partition coefficient (Wildman–Crippen LogP) is 4.74. The van der Waals surface area contributed by atoms with Crippen molar-refractivity contribution in [3.63, 3.8) is 0 Å². The zero-order chi connectivity index (χ0) is 12.4. The zero-order valence-corrected chi connectivity index (χ0v) is 11.5. The van der Waals surface area contributed by atoms with E-state index in [2.05, 4.69) is 40.3 Å². The Balaban J connectivity index is 3.44. The third-order valence-corrected chi connectivity index (χ3v) is 2.47. The molecule has 0 aromatic heterocycles. The van der Waals surface area contributed by atoms with E-state index in [1.165, 1.54) is 17.6 Å². The van der Waals surface area contributed by atoms with Crippen LogP contribution in [0.2, 0.25) is 0 Å². The Bertz CT molecular complexity index is 213. The van der Waals surface area contributed by atoms with Gasteiger partial charge in [-0.15, -0.1) is 6.58 Å². The molecule has 0 aromatic rings. The second-order valence-electron chi connectivity index (χ2n) is 5.13. The van der Waals surface area contributed by atoms with Gasteiger partial charge in [0.2, 0.25) is 0 Å². The van der Waals surface area contributed by atoms with Gasteiger partial charge in [0.05, 0.1) is 6.61 Å². The van der Waals surface area contributed by atoms with Crippen molar-refractivity contribution in [2.45, 2.75) is 53.4 Å². The molecule has 0 aliphatic rings. The van der Waals surface area contributed by atoms with Gasteiger partial charge in [0, 0.05) is 6.61 Å². The van der Waals surface area contributed by atoms with Crippen molar-refractivity contribution in [1.82, 2.24) is 0 Å². The minimum Gasteiger partial charge on any atom is -0.377 e. The third kappa shape index (κ3) is 11.5. The van der Waals surface area contributed by atoms with Crippen LogP contribution in [0, 0.1) is 5.92 Å². The van der Waals surface area contributed by atoms with Crippen LogP contribution < -0.4 is 0 Å². The van der Waals surface area contributed by atoms with Crippen LogP contribution in [0.4, 0.5) is 0 Å². The second-order valence-corrected chi connectivity index (χ2v) is 5.13. The molecule has 0 atom stereocenters. The fraction of sp³-hybridized carbons (Fsp3) is 0.733. The lowest BCUT2D eigenvalue weighted by Gasteiger charge is -2.06. The van der Waals surface area contributed by atoms with E-state index in [-0.39, 0.29) is 0 Å². The number of hydrogen-bond donors (Lipinski definition) is 0. The maximum Gasteiger partial charge on any atom is 0.0674 e. The van der Waals surface area contributed by atoms with Gasteiger partial charge in [-0.25, -0.2) is 0 Å². The van der Waals surface area contributed by atoms with Crippen LogP contribution >= 0.6 is 0 Å². The Kier molecular flexibility index (Phi) is 9.31. The highest BCUT2D eigenvalue weighted by molar-refractivity contribution is 4.98. The molecular formula is C15H28O. The topological polar surface area (TPSA) is 9.23 Å². The van der Waals surface area contributed by atoms with E-state index >= 15 is 0 Å². The maximum absolute atomic E-state index is 5.60. The number of ether oxygens (including phenoxy) is 1. The summed E-state index contributed by atoms with van der Waals surface area (Å²) in [5.74, 6) is 0.736. The van der Waals surface area contributed by atoms with E-state index in [1.807, 2.05) is 0 Å². The first-order valence-electron chi connectivity index (χ1n) is 6.40. The van der Waals surface area contributed by atoms with Gasteiger partial charge < -0.3 is 4.74 Å². The molecule has 1 nitrogen and oxygen atoms in total. The van der Waals surface area contributed by atoms with Gasteiger partial charge in [0.15, 0.2) is 0 Å². The molecule has 0 aliphatic carbocycles. The minimum absolute atomic E-state index is 0.736. The molecule has 0 spiro atoms. The molecule has 0 fully saturated rings. The molecule has 0 bridgehead atoms. The van der Waals surface area contributed by atoms with Crippen molar-refractivity contribution >= 4 is 0 Å². The molecule has 0 heterocycles. The SMILES string of the molecule is C=C(C)CCCC=C(C)COCCC(C)C. The Morgan fingerprint density at radius 1 is 1.31 bits per heavy atom. The number of hydrogen-bond acceptors (Lipinski definition) is 1. The minimum atomic E-state index is 0.736. The van der Waals surface area contributed by atoms with Gasteiger partial charge in [-0.2, -0.15) is 0 Å². The highest BCUT2D eigenvalue weighted by atomic mass is 16.5. The largest absolute Gasteiger partial charge is 0.377 e. The number of rotatable bonds is 9. The van der Waals surface area contributed by atoms with Gasteiger partial charge in [-0.1, -0.05) is 31.1 Å². The van der Waals surface area contributed by atoms with Crippen molar-refractivity contribution < 1.29 is 4.74 Å². The molecule has 0 saturated carbocycles. The molecule has 0 saturated heterocycles. The predicted molar refractivity (Wildman–Crippen MR) is 72.7 cm³/mol. The highest BCUT2D eigenvalue weighted by Crippen LogP contribution is 2.07. The summed E-state index contributed by atoms with van der Waals surface area (Å²) in [4.78, 5) is 0. The average Bonchev–Trinajstić information content (AvgIpc) is 2.19. The standard InChI is InChI=1S/C15H28O/c1-13(2)8-6-7-9-15(5)12-16-11-10-14(3)4/h9,14H,1,6-8,10-12H2,2-5H3. The summed E-state index contributed by atoms with van der Waals surface area (Å²) in [6, 6.07) is 0. The van der Waals surface area contributed by atoms with E-state index in [1.54, 1.807) is 0 Å². The molecule has 1 heteroatoms. The van der Waals surface area contributed by atoms with Crippen LogP contribution in [-0.4, -0.2) is 13.2 Å². The normalized spacial score (nSPS) is 12.2. The zero-order valence-electron chi connectivity index (χ0n) is 11.5. The fourth-order valence-corrected chi connectivity index (χ4v) is 1.36. The Hall–Kier alpha value is -0.560. The molecule has 0 aliphatic heterocycles. The van der Waals surface area contributed by atoms with Gasteiger partial charge >= 0.3 is 0 Å². The van der Waals surface area contributed by atoms with Crippen molar-refractivity contribution in [1.29, 1.82) is 0 Å².